The summed E-state index contributed by atoms with van der Waals surface area (Å²) >= 11 is 0. The Morgan fingerprint density at radius 1 is 0.533 bits per heavy atom. The maximum atomic E-state index is 12.6. The molecule has 0 N–H and O–H groups in total. The molecule has 3 aromatic carbocycles. The number of benzene rings is 3. The number of hydrogen-bond acceptors (Lipinski definition) is 4. The number of hydrogen-bond donors (Lipinski definition) is 0. The van der Waals surface area contributed by atoms with Crippen LogP contribution in [-0.4, -0.2) is 11.9 Å². The SMILES string of the molecule is Cc1cc(C)c(OC(=O)c2ccc(C(=O)Oc3c(C)cc(C)cc3C)cc2)c(C)c1. The molecule has 4 nitrogen and oxygen atoms in total. The summed E-state index contributed by atoms with van der Waals surface area (Å²) in [5.74, 6) is 0.212. The van der Waals surface area contributed by atoms with Gasteiger partial charge in [0, 0.05) is 0 Å². The van der Waals surface area contributed by atoms with Gasteiger partial charge in [0.25, 0.3) is 0 Å². The van der Waals surface area contributed by atoms with Crippen LogP contribution >= 0.6 is 0 Å². The molecular weight excluding hydrogens is 376 g/mol. The second kappa shape index (κ2) is 8.54. The van der Waals surface area contributed by atoms with Crippen molar-refractivity contribution in [2.24, 2.45) is 0 Å². The molecule has 3 aromatic rings. The monoisotopic (exact) mass is 402 g/mol. The van der Waals surface area contributed by atoms with Crippen LogP contribution in [0, 0.1) is 41.5 Å². The first-order chi connectivity index (χ1) is 14.2. The third kappa shape index (κ3) is 4.60. The van der Waals surface area contributed by atoms with Crippen molar-refractivity contribution >= 4 is 11.9 Å². The van der Waals surface area contributed by atoms with Crippen LogP contribution in [0.15, 0.2) is 48.5 Å². The topological polar surface area (TPSA) is 52.6 Å². The van der Waals surface area contributed by atoms with Gasteiger partial charge >= 0.3 is 11.9 Å². The van der Waals surface area contributed by atoms with E-state index in [0.717, 1.165) is 33.4 Å². The van der Waals surface area contributed by atoms with Crippen molar-refractivity contribution in [2.45, 2.75) is 41.5 Å². The minimum absolute atomic E-state index is 0.369. The number of carbonyl (C=O) groups is 2. The Labute approximate surface area is 177 Å². The zero-order chi connectivity index (χ0) is 22.0. The maximum Gasteiger partial charge on any atom is 0.343 e. The molecule has 0 aliphatic carbocycles. The van der Waals surface area contributed by atoms with Gasteiger partial charge in [-0.1, -0.05) is 35.4 Å². The summed E-state index contributed by atoms with van der Waals surface area (Å²) < 4.78 is 11.2. The van der Waals surface area contributed by atoms with Crippen LogP contribution in [0.1, 0.15) is 54.1 Å². The molecule has 0 heterocycles. The van der Waals surface area contributed by atoms with E-state index >= 15 is 0 Å². The largest absolute Gasteiger partial charge is 0.422 e. The molecule has 0 bridgehead atoms. The zero-order valence-electron chi connectivity index (χ0n) is 18.3. The van der Waals surface area contributed by atoms with Gasteiger partial charge in [-0.05, 0) is 88.1 Å². The fourth-order valence-electron chi connectivity index (χ4n) is 3.70. The normalized spacial score (nSPS) is 10.6. The number of carbonyl (C=O) groups excluding carboxylic acids is 2. The van der Waals surface area contributed by atoms with Gasteiger partial charge in [-0.3, -0.25) is 0 Å². The summed E-state index contributed by atoms with van der Waals surface area (Å²) in [6.45, 7) is 11.7. The van der Waals surface area contributed by atoms with Crippen LogP contribution in [0.3, 0.4) is 0 Å². The van der Waals surface area contributed by atoms with E-state index in [4.69, 9.17) is 9.47 Å². The minimum Gasteiger partial charge on any atom is -0.422 e. The molecule has 0 unspecified atom stereocenters. The first kappa shape index (κ1) is 21.3. The molecule has 154 valence electrons. The molecule has 0 spiro atoms. The smallest absolute Gasteiger partial charge is 0.343 e. The molecule has 0 atom stereocenters. The van der Waals surface area contributed by atoms with Gasteiger partial charge in [0.05, 0.1) is 11.1 Å². The molecule has 0 fully saturated rings. The van der Waals surface area contributed by atoms with Crippen molar-refractivity contribution in [2.75, 3.05) is 0 Å². The Balaban J connectivity index is 1.75. The third-order valence-corrected chi connectivity index (χ3v) is 4.96. The molecule has 0 radical (unpaired) electrons. The number of esters is 2. The van der Waals surface area contributed by atoms with Gasteiger partial charge in [0.1, 0.15) is 11.5 Å². The van der Waals surface area contributed by atoms with E-state index in [1.54, 1.807) is 24.3 Å². The minimum atomic E-state index is -0.463. The zero-order valence-corrected chi connectivity index (χ0v) is 18.3. The number of aryl methyl sites for hydroxylation is 6. The van der Waals surface area contributed by atoms with Crippen molar-refractivity contribution < 1.29 is 19.1 Å². The van der Waals surface area contributed by atoms with Crippen LogP contribution in [0.4, 0.5) is 0 Å². The average Bonchev–Trinajstić information content (AvgIpc) is 2.67. The molecule has 0 amide bonds. The summed E-state index contributed by atoms with van der Waals surface area (Å²) in [6.07, 6.45) is 0. The van der Waals surface area contributed by atoms with Crippen molar-refractivity contribution in [3.8, 4) is 11.5 Å². The van der Waals surface area contributed by atoms with Crippen LogP contribution in [0.5, 0.6) is 11.5 Å². The highest BCUT2D eigenvalue weighted by molar-refractivity contribution is 5.95. The predicted octanol–water partition coefficient (Wildman–Crippen LogP) is 5.98. The van der Waals surface area contributed by atoms with E-state index in [1.165, 1.54) is 0 Å². The van der Waals surface area contributed by atoms with Crippen molar-refractivity contribution in [1.82, 2.24) is 0 Å². The third-order valence-electron chi connectivity index (χ3n) is 4.96. The molecule has 3 rings (SSSR count). The van der Waals surface area contributed by atoms with Crippen LogP contribution in [0.25, 0.3) is 0 Å². The summed E-state index contributed by atoms with van der Waals surface area (Å²) in [4.78, 5) is 25.1. The van der Waals surface area contributed by atoms with Crippen LogP contribution < -0.4 is 9.47 Å². The summed E-state index contributed by atoms with van der Waals surface area (Å²) in [5.41, 5.74) is 6.60. The lowest BCUT2D eigenvalue weighted by Crippen LogP contribution is -2.13. The Morgan fingerprint density at radius 2 is 0.800 bits per heavy atom. The molecule has 0 aromatic heterocycles. The highest BCUT2D eigenvalue weighted by Crippen LogP contribution is 2.27. The Bertz CT molecular complexity index is 988. The Morgan fingerprint density at radius 3 is 1.07 bits per heavy atom. The first-order valence-corrected chi connectivity index (χ1v) is 9.86. The molecule has 0 saturated carbocycles. The van der Waals surface area contributed by atoms with Gasteiger partial charge in [0.2, 0.25) is 0 Å². The highest BCUT2D eigenvalue weighted by atomic mass is 16.5. The number of ether oxygens (including phenoxy) is 2. The maximum absolute atomic E-state index is 12.6. The summed E-state index contributed by atoms with van der Waals surface area (Å²) in [7, 11) is 0. The lowest BCUT2D eigenvalue weighted by atomic mass is 10.1. The van der Waals surface area contributed by atoms with Crippen LogP contribution in [0.2, 0.25) is 0 Å². The van der Waals surface area contributed by atoms with Gasteiger partial charge in [-0.25, -0.2) is 9.59 Å². The van der Waals surface area contributed by atoms with Gasteiger partial charge in [0.15, 0.2) is 0 Å². The summed E-state index contributed by atoms with van der Waals surface area (Å²) in [6, 6.07) is 14.2. The van der Waals surface area contributed by atoms with Gasteiger partial charge in [-0.15, -0.1) is 0 Å². The molecule has 0 aliphatic rings. The van der Waals surface area contributed by atoms with Crippen molar-refractivity contribution in [1.29, 1.82) is 0 Å². The van der Waals surface area contributed by atoms with E-state index in [9.17, 15) is 9.59 Å². The van der Waals surface area contributed by atoms with Gasteiger partial charge < -0.3 is 9.47 Å². The average molecular weight is 402 g/mol. The molecule has 30 heavy (non-hydrogen) atoms. The van der Waals surface area contributed by atoms with E-state index in [-0.39, 0.29) is 0 Å². The summed E-state index contributed by atoms with van der Waals surface area (Å²) in [5, 5.41) is 0. The first-order valence-electron chi connectivity index (χ1n) is 9.86. The molecule has 0 aliphatic heterocycles. The second-order valence-corrected chi connectivity index (χ2v) is 7.81. The Hall–Kier alpha value is -3.40. The van der Waals surface area contributed by atoms with Crippen LogP contribution in [-0.2, 0) is 0 Å². The van der Waals surface area contributed by atoms with Gasteiger partial charge in [-0.2, -0.15) is 0 Å². The predicted molar refractivity (Wildman–Crippen MR) is 118 cm³/mol. The standard InChI is InChI=1S/C26H26O4/c1-15-11-17(3)23(18(4)12-15)29-25(27)21-7-9-22(10-8-21)26(28)30-24-19(5)13-16(2)14-20(24)6/h7-14H,1-6H3. The second-order valence-electron chi connectivity index (χ2n) is 7.81. The molecular formula is C26H26O4. The van der Waals surface area contributed by atoms with E-state index in [0.29, 0.717) is 22.6 Å². The highest BCUT2D eigenvalue weighted by Gasteiger charge is 2.16. The van der Waals surface area contributed by atoms with E-state index in [2.05, 4.69) is 0 Å². The fourth-order valence-corrected chi connectivity index (χ4v) is 3.70. The van der Waals surface area contributed by atoms with Crippen molar-refractivity contribution in [3.05, 3.63) is 93.0 Å². The quantitative estimate of drug-likeness (QED) is 0.398. The molecule has 0 saturated heterocycles. The fraction of sp³-hybridized carbons (Fsp3) is 0.231. The van der Waals surface area contributed by atoms with Crippen molar-refractivity contribution in [3.63, 3.8) is 0 Å². The number of rotatable bonds is 4. The Kier molecular flexibility index (Phi) is 6.06. The lowest BCUT2D eigenvalue weighted by Gasteiger charge is -2.13. The molecule has 4 heteroatoms. The lowest BCUT2D eigenvalue weighted by molar-refractivity contribution is 0.0718. The van der Waals surface area contributed by atoms with E-state index in [1.807, 2.05) is 65.8 Å². The van der Waals surface area contributed by atoms with E-state index < -0.39 is 11.9 Å².